The summed E-state index contributed by atoms with van der Waals surface area (Å²) in [6.45, 7) is 0. The fourth-order valence-electron chi connectivity index (χ4n) is 9.24. The van der Waals surface area contributed by atoms with Crippen LogP contribution >= 0.6 is 0 Å². The molecule has 256 valence electrons. The summed E-state index contributed by atoms with van der Waals surface area (Å²) in [5.74, 6) is 0. The van der Waals surface area contributed by atoms with E-state index in [1.54, 1.807) is 0 Å². The summed E-state index contributed by atoms with van der Waals surface area (Å²) in [7, 11) is 0. The van der Waals surface area contributed by atoms with Crippen molar-refractivity contribution >= 4 is 87.7 Å². The molecule has 0 bridgehead atoms. The Morgan fingerprint density at radius 3 is 1.80 bits per heavy atom. The number of hydrogen-bond acceptors (Lipinski definition) is 1. The maximum Gasteiger partial charge on any atom is 0.0619 e. The summed E-state index contributed by atoms with van der Waals surface area (Å²) in [5.41, 5.74) is 13.0. The smallest absolute Gasteiger partial charge is 0.0619 e. The lowest BCUT2D eigenvalue weighted by atomic mass is 10.0. The minimum atomic E-state index is 1.10. The van der Waals surface area contributed by atoms with E-state index in [2.05, 4.69) is 214 Å². The second kappa shape index (κ2) is 11.6. The molecule has 3 aromatic heterocycles. The number of para-hydroxylation sites is 3. The predicted molar refractivity (Wildman–Crippen MR) is 233 cm³/mol. The molecule has 9 aromatic carbocycles. The Bertz CT molecular complexity index is 3430. The summed E-state index contributed by atoms with van der Waals surface area (Å²) in [6.07, 6.45) is 0. The van der Waals surface area contributed by atoms with Crippen LogP contribution in [0.2, 0.25) is 0 Å². The van der Waals surface area contributed by atoms with Gasteiger partial charge in [-0.2, -0.15) is 0 Å². The van der Waals surface area contributed by atoms with Gasteiger partial charge in [-0.15, -0.1) is 0 Å². The fourth-order valence-corrected chi connectivity index (χ4v) is 9.24. The van der Waals surface area contributed by atoms with Crippen molar-refractivity contribution in [3.8, 4) is 16.8 Å². The summed E-state index contributed by atoms with van der Waals surface area (Å²) in [5, 5.41) is 10.1. The molecular weight excluding hydrogens is 667 g/mol. The number of anilines is 3. The van der Waals surface area contributed by atoms with Crippen molar-refractivity contribution in [1.29, 1.82) is 0 Å². The molecule has 0 saturated carbocycles. The zero-order valence-electron chi connectivity index (χ0n) is 29.9. The van der Waals surface area contributed by atoms with Crippen LogP contribution in [0.4, 0.5) is 17.1 Å². The van der Waals surface area contributed by atoms with Gasteiger partial charge in [0.25, 0.3) is 0 Å². The van der Waals surface area contributed by atoms with Gasteiger partial charge in [0.15, 0.2) is 0 Å². The van der Waals surface area contributed by atoms with E-state index in [1.165, 1.54) is 81.8 Å². The summed E-state index contributed by atoms with van der Waals surface area (Å²) >= 11 is 0. The van der Waals surface area contributed by atoms with E-state index in [-0.39, 0.29) is 0 Å². The Kier molecular flexibility index (Phi) is 6.34. The quantitative estimate of drug-likeness (QED) is 0.174. The van der Waals surface area contributed by atoms with E-state index in [4.69, 9.17) is 0 Å². The second-order valence-electron chi connectivity index (χ2n) is 14.6. The monoisotopic (exact) mass is 699 g/mol. The summed E-state index contributed by atoms with van der Waals surface area (Å²) in [6, 6.07) is 73.2. The molecule has 3 heterocycles. The van der Waals surface area contributed by atoms with E-state index in [0.29, 0.717) is 0 Å². The first-order valence-corrected chi connectivity index (χ1v) is 18.9. The summed E-state index contributed by atoms with van der Waals surface area (Å²) in [4.78, 5) is 2.38. The highest BCUT2D eigenvalue weighted by molar-refractivity contribution is 6.31. The lowest BCUT2D eigenvalue weighted by Gasteiger charge is -2.26. The normalized spacial score (nSPS) is 12.0. The number of hydrogen-bond donors (Lipinski definition) is 0. The molecule has 0 saturated heterocycles. The molecule has 0 aliphatic rings. The van der Waals surface area contributed by atoms with Gasteiger partial charge < -0.3 is 13.9 Å². The van der Waals surface area contributed by atoms with Crippen LogP contribution < -0.4 is 4.90 Å². The lowest BCUT2D eigenvalue weighted by Crippen LogP contribution is -2.10. The third kappa shape index (κ3) is 4.38. The highest BCUT2D eigenvalue weighted by atomic mass is 15.1. The van der Waals surface area contributed by atoms with Crippen LogP contribution in [0.5, 0.6) is 0 Å². The maximum absolute atomic E-state index is 2.50. The fraction of sp³-hybridized carbons (Fsp3) is 0. The molecule has 55 heavy (non-hydrogen) atoms. The van der Waals surface area contributed by atoms with Gasteiger partial charge in [0.2, 0.25) is 0 Å². The largest absolute Gasteiger partial charge is 0.310 e. The van der Waals surface area contributed by atoms with Crippen LogP contribution in [0.15, 0.2) is 200 Å². The van der Waals surface area contributed by atoms with Crippen LogP contribution in [0.1, 0.15) is 0 Å². The van der Waals surface area contributed by atoms with Crippen LogP contribution in [-0.4, -0.2) is 8.97 Å². The molecule has 0 aliphatic heterocycles. The molecule has 0 radical (unpaired) electrons. The number of rotatable bonds is 5. The van der Waals surface area contributed by atoms with Gasteiger partial charge in [0.05, 0.1) is 27.6 Å². The van der Waals surface area contributed by atoms with Gasteiger partial charge in [-0.25, -0.2) is 0 Å². The zero-order chi connectivity index (χ0) is 36.0. The van der Waals surface area contributed by atoms with Crippen LogP contribution in [0.25, 0.3) is 87.5 Å². The van der Waals surface area contributed by atoms with Crippen molar-refractivity contribution in [2.75, 3.05) is 4.90 Å². The van der Waals surface area contributed by atoms with Crippen molar-refractivity contribution in [2.24, 2.45) is 0 Å². The van der Waals surface area contributed by atoms with E-state index in [9.17, 15) is 0 Å². The van der Waals surface area contributed by atoms with Gasteiger partial charge in [-0.3, -0.25) is 0 Å². The third-order valence-corrected chi connectivity index (χ3v) is 11.6. The molecule has 0 spiro atoms. The highest BCUT2D eigenvalue weighted by Gasteiger charge is 2.22. The minimum absolute atomic E-state index is 1.10. The summed E-state index contributed by atoms with van der Waals surface area (Å²) < 4.78 is 4.97. The second-order valence-corrected chi connectivity index (χ2v) is 14.6. The Morgan fingerprint density at radius 1 is 0.327 bits per heavy atom. The zero-order valence-corrected chi connectivity index (χ0v) is 29.9. The lowest BCUT2D eigenvalue weighted by molar-refractivity contribution is 1.17. The maximum atomic E-state index is 2.50. The van der Waals surface area contributed by atoms with Gasteiger partial charge >= 0.3 is 0 Å². The Balaban J connectivity index is 1.11. The van der Waals surface area contributed by atoms with Crippen molar-refractivity contribution in [2.45, 2.75) is 0 Å². The number of aromatic nitrogens is 2. The molecule has 0 aliphatic carbocycles. The average molecular weight is 700 g/mol. The predicted octanol–water partition coefficient (Wildman–Crippen LogP) is 14.2. The minimum Gasteiger partial charge on any atom is -0.310 e. The van der Waals surface area contributed by atoms with Crippen LogP contribution in [0.3, 0.4) is 0 Å². The van der Waals surface area contributed by atoms with Crippen LogP contribution in [0, 0.1) is 0 Å². The Labute approximate surface area is 317 Å². The van der Waals surface area contributed by atoms with E-state index >= 15 is 0 Å². The molecule has 12 aromatic rings. The molecule has 0 fully saturated rings. The number of nitrogens with zero attached hydrogens (tertiary/aromatic N) is 3. The Morgan fingerprint density at radius 2 is 0.927 bits per heavy atom. The Hall–Kier alpha value is -7.36. The molecular formula is C52H33N3. The number of benzene rings is 9. The van der Waals surface area contributed by atoms with E-state index in [0.717, 1.165) is 22.7 Å². The molecule has 3 heteroatoms. The van der Waals surface area contributed by atoms with Crippen molar-refractivity contribution in [3.05, 3.63) is 200 Å². The molecule has 0 N–H and O–H groups in total. The van der Waals surface area contributed by atoms with Gasteiger partial charge in [-0.1, -0.05) is 127 Å². The average Bonchev–Trinajstić information content (AvgIpc) is 3.73. The van der Waals surface area contributed by atoms with Gasteiger partial charge in [0, 0.05) is 49.7 Å². The van der Waals surface area contributed by atoms with Gasteiger partial charge in [-0.05, 0) is 100 Å². The molecule has 0 unspecified atom stereocenters. The highest BCUT2D eigenvalue weighted by Crippen LogP contribution is 2.45. The first-order chi connectivity index (χ1) is 27.3. The third-order valence-electron chi connectivity index (χ3n) is 11.6. The standard InChI is InChI=1S/C52H33N3/c1-3-13-34(14-4-1)36-28-27-35-29-30-41(32-37(35)31-36)53(38-15-5-2-6-16-38)39-17-9-18-40(33-39)54-47-24-11-20-43-45-22-10-21-44-42-19-7-8-23-46(42)55(52(44)45)49-26-12-25-48(54)51(49)50(43)47/h1-33H. The van der Waals surface area contributed by atoms with Gasteiger partial charge in [0.1, 0.15) is 0 Å². The molecule has 0 amide bonds. The molecule has 3 nitrogen and oxygen atoms in total. The first kappa shape index (κ1) is 30.1. The van der Waals surface area contributed by atoms with Crippen molar-refractivity contribution in [1.82, 2.24) is 8.97 Å². The first-order valence-electron chi connectivity index (χ1n) is 18.9. The topological polar surface area (TPSA) is 12.6 Å². The number of fused-ring (bicyclic) bond motifs is 6. The van der Waals surface area contributed by atoms with E-state index in [1.807, 2.05) is 0 Å². The van der Waals surface area contributed by atoms with Crippen molar-refractivity contribution in [3.63, 3.8) is 0 Å². The SMILES string of the molecule is c1ccc(-c2ccc3ccc(N(c4ccccc4)c4cccc(-n5c6cccc7c8cccc9c%10ccccc%10n(c%10cccc5c%10c76)c89)c4)cc3c2)cc1. The van der Waals surface area contributed by atoms with Crippen molar-refractivity contribution < 1.29 is 0 Å². The van der Waals surface area contributed by atoms with Crippen LogP contribution in [-0.2, 0) is 0 Å². The molecule has 12 rings (SSSR count). The van der Waals surface area contributed by atoms with E-state index < -0.39 is 0 Å². The molecule has 0 atom stereocenters.